The Morgan fingerprint density at radius 2 is 1.62 bits per heavy atom. The number of nitrogens with zero attached hydrogens (tertiary/aromatic N) is 5. The largest absolute Gasteiger partial charge is 0.490 e. The minimum absolute atomic E-state index is 0.0376. The maximum absolute atomic E-state index is 10.6. The molecule has 0 amide bonds. The van der Waals surface area contributed by atoms with Crippen LogP contribution in [-0.2, 0) is 27.4 Å². The third kappa shape index (κ3) is 10.4. The molecule has 4 heterocycles. The molecule has 0 bridgehead atoms. The number of aliphatic carboxylic acids is 2. The van der Waals surface area contributed by atoms with Crippen LogP contribution in [0.1, 0.15) is 24.1 Å². The maximum atomic E-state index is 10.6. The summed E-state index contributed by atoms with van der Waals surface area (Å²) in [5.41, 5.74) is 1.75. The second-order valence-electron chi connectivity index (χ2n) is 8.12. The monoisotopic (exact) mass is 567 g/mol. The molecule has 0 saturated carbocycles. The molecule has 39 heavy (non-hydrogen) atoms. The van der Waals surface area contributed by atoms with E-state index in [0.717, 1.165) is 39.1 Å². The van der Waals surface area contributed by atoms with Crippen LogP contribution in [0, 0.1) is 11.3 Å². The van der Waals surface area contributed by atoms with Gasteiger partial charge >= 0.3 is 24.3 Å². The lowest BCUT2D eigenvalue weighted by molar-refractivity contribution is -0.193. The van der Waals surface area contributed by atoms with Gasteiger partial charge in [-0.3, -0.25) is 9.58 Å². The lowest BCUT2D eigenvalue weighted by Crippen LogP contribution is -2.43. The van der Waals surface area contributed by atoms with Gasteiger partial charge in [0.25, 0.3) is 0 Å². The molecule has 0 aliphatic carbocycles. The quantitative estimate of drug-likeness (QED) is 0.530. The van der Waals surface area contributed by atoms with Gasteiger partial charge in [0, 0.05) is 50.8 Å². The van der Waals surface area contributed by atoms with Crippen molar-refractivity contribution in [2.45, 2.75) is 50.4 Å². The average Bonchev–Trinajstić information content (AvgIpc) is 3.23. The molecule has 1 fully saturated rings. The molecular weight excluding hydrogens is 544 g/mol. The van der Waals surface area contributed by atoms with Gasteiger partial charge in [-0.2, -0.15) is 36.7 Å². The number of alkyl halides is 6. The molecule has 1 saturated heterocycles. The summed E-state index contributed by atoms with van der Waals surface area (Å²) in [6.07, 6.45) is -4.71. The summed E-state index contributed by atoms with van der Waals surface area (Å²) in [4.78, 5) is 24.5. The van der Waals surface area contributed by atoms with Crippen molar-refractivity contribution in [3.05, 3.63) is 41.9 Å². The van der Waals surface area contributed by atoms with Crippen LogP contribution in [0.15, 0.2) is 30.6 Å². The first kappa shape index (κ1) is 31.3. The van der Waals surface area contributed by atoms with Gasteiger partial charge in [-0.15, -0.1) is 0 Å². The Labute approximate surface area is 217 Å². The number of hydrogen-bond donors (Lipinski definition) is 2. The number of pyridine rings is 1. The minimum atomic E-state index is -5.08. The third-order valence-electron chi connectivity index (χ3n) is 5.33. The number of halogens is 6. The third-order valence-corrected chi connectivity index (χ3v) is 5.33. The highest BCUT2D eigenvalue weighted by atomic mass is 19.4. The van der Waals surface area contributed by atoms with Gasteiger partial charge in [-0.1, -0.05) is 0 Å². The summed E-state index contributed by atoms with van der Waals surface area (Å²) >= 11 is 0. The molecule has 17 heteroatoms. The van der Waals surface area contributed by atoms with E-state index in [2.05, 4.69) is 27.1 Å². The Bertz CT molecular complexity index is 1100. The van der Waals surface area contributed by atoms with Crippen molar-refractivity contribution in [1.82, 2.24) is 19.7 Å². The molecule has 2 aliphatic heterocycles. The van der Waals surface area contributed by atoms with Crippen LogP contribution < -0.4 is 4.74 Å². The van der Waals surface area contributed by atoms with E-state index in [0.29, 0.717) is 24.0 Å². The highest BCUT2D eigenvalue weighted by Crippen LogP contribution is 2.22. The maximum Gasteiger partial charge on any atom is 0.490 e. The number of carboxylic acid groups (broad SMARTS) is 2. The topological polar surface area (TPSA) is 151 Å². The fraction of sp³-hybridized carbons (Fsp3) is 0.500. The number of rotatable bonds is 3. The number of ether oxygens (including phenoxy) is 2. The van der Waals surface area contributed by atoms with Crippen molar-refractivity contribution in [2.75, 3.05) is 19.8 Å². The smallest absolute Gasteiger partial charge is 0.475 e. The molecule has 0 spiro atoms. The molecular formula is C22H23F6N5O6. The molecule has 0 radical (unpaired) electrons. The predicted molar refractivity (Wildman–Crippen MR) is 117 cm³/mol. The van der Waals surface area contributed by atoms with Crippen LogP contribution >= 0.6 is 0 Å². The summed E-state index contributed by atoms with van der Waals surface area (Å²) < 4.78 is 77.1. The van der Waals surface area contributed by atoms with Crippen LogP contribution in [-0.4, -0.2) is 86.1 Å². The Morgan fingerprint density at radius 3 is 2.10 bits per heavy atom. The number of nitriles is 1. The molecule has 2 aromatic heterocycles. The van der Waals surface area contributed by atoms with Gasteiger partial charge in [-0.25, -0.2) is 14.6 Å². The van der Waals surface area contributed by atoms with E-state index in [4.69, 9.17) is 34.5 Å². The Morgan fingerprint density at radius 1 is 1.03 bits per heavy atom. The lowest BCUT2D eigenvalue weighted by atomic mass is 10.1. The van der Waals surface area contributed by atoms with Crippen LogP contribution in [0.3, 0.4) is 0 Å². The van der Waals surface area contributed by atoms with E-state index in [1.54, 1.807) is 18.3 Å². The van der Waals surface area contributed by atoms with Gasteiger partial charge in [0.15, 0.2) is 0 Å². The van der Waals surface area contributed by atoms with Crippen molar-refractivity contribution in [3.8, 4) is 11.9 Å². The fourth-order valence-electron chi connectivity index (χ4n) is 3.53. The highest BCUT2D eigenvalue weighted by molar-refractivity contribution is 5.73. The second kappa shape index (κ2) is 13.8. The zero-order valence-electron chi connectivity index (χ0n) is 20.0. The minimum Gasteiger partial charge on any atom is -0.475 e. The van der Waals surface area contributed by atoms with Gasteiger partial charge in [0.05, 0.1) is 17.8 Å². The summed E-state index contributed by atoms with van der Waals surface area (Å²) in [6.45, 7) is 4.05. The molecule has 214 valence electrons. The number of carbonyl (C=O) groups is 2. The van der Waals surface area contributed by atoms with Crippen LogP contribution in [0.5, 0.6) is 5.88 Å². The first-order chi connectivity index (χ1) is 18.2. The van der Waals surface area contributed by atoms with Gasteiger partial charge in [0.2, 0.25) is 5.88 Å². The van der Waals surface area contributed by atoms with E-state index in [-0.39, 0.29) is 6.10 Å². The van der Waals surface area contributed by atoms with E-state index in [1.165, 1.54) is 5.69 Å². The molecule has 2 aliphatic rings. The predicted octanol–water partition coefficient (Wildman–Crippen LogP) is 2.86. The number of fused-ring (bicyclic) bond motifs is 1. The first-order valence-electron chi connectivity index (χ1n) is 11.2. The van der Waals surface area contributed by atoms with Crippen molar-refractivity contribution in [2.24, 2.45) is 0 Å². The Hall–Kier alpha value is -3.91. The first-order valence-corrected chi connectivity index (χ1v) is 11.2. The second-order valence-corrected chi connectivity index (χ2v) is 8.12. The Kier molecular flexibility index (Phi) is 11.0. The van der Waals surface area contributed by atoms with Crippen molar-refractivity contribution in [3.63, 3.8) is 0 Å². The standard InChI is InChI=1S/C18H21N5O2.2C2HF3O2/c19-9-14-1-2-18(20-10-14)25-17-12-22(15-4-7-24-8-5-15)11-16-3-6-21-23(16)13-17;2*3-2(4,5)1(6)7/h1-3,6,10,15,17H,4-5,7-8,11-13H2;2*(H,6,7). The number of hydrogen-bond acceptors (Lipinski definition) is 8. The fourth-order valence-corrected chi connectivity index (χ4v) is 3.53. The average molecular weight is 567 g/mol. The molecule has 1 unspecified atom stereocenters. The van der Waals surface area contributed by atoms with Gasteiger partial charge in [0.1, 0.15) is 12.2 Å². The van der Waals surface area contributed by atoms with Crippen molar-refractivity contribution in [1.29, 1.82) is 5.26 Å². The van der Waals surface area contributed by atoms with E-state index >= 15 is 0 Å². The van der Waals surface area contributed by atoms with Gasteiger partial charge in [-0.05, 0) is 25.0 Å². The Balaban J connectivity index is 0.000000317. The van der Waals surface area contributed by atoms with Crippen LogP contribution in [0.4, 0.5) is 26.3 Å². The normalized spacial score (nSPS) is 18.1. The summed E-state index contributed by atoms with van der Waals surface area (Å²) in [6, 6.07) is 8.15. The SMILES string of the molecule is N#Cc1ccc(OC2CN(C3CCOCC3)Cc3ccnn3C2)nc1.O=C(O)C(F)(F)F.O=C(O)C(F)(F)F. The lowest BCUT2D eigenvalue weighted by Gasteiger charge is -2.34. The van der Waals surface area contributed by atoms with Gasteiger partial charge < -0.3 is 19.7 Å². The molecule has 4 rings (SSSR count). The summed E-state index contributed by atoms with van der Waals surface area (Å²) in [5.74, 6) is -4.97. The molecule has 0 aromatic carbocycles. The molecule has 11 nitrogen and oxygen atoms in total. The van der Waals surface area contributed by atoms with E-state index < -0.39 is 24.3 Å². The van der Waals surface area contributed by atoms with E-state index in [9.17, 15) is 26.3 Å². The zero-order valence-corrected chi connectivity index (χ0v) is 20.0. The van der Waals surface area contributed by atoms with Crippen LogP contribution in [0.2, 0.25) is 0 Å². The highest BCUT2D eigenvalue weighted by Gasteiger charge is 2.39. The van der Waals surface area contributed by atoms with Crippen molar-refractivity contribution < 1.29 is 55.6 Å². The summed E-state index contributed by atoms with van der Waals surface area (Å²) in [5, 5.41) is 27.6. The molecule has 2 aromatic rings. The summed E-state index contributed by atoms with van der Waals surface area (Å²) in [7, 11) is 0. The van der Waals surface area contributed by atoms with Crippen molar-refractivity contribution >= 4 is 11.9 Å². The van der Waals surface area contributed by atoms with E-state index in [1.807, 2.05) is 10.9 Å². The zero-order chi connectivity index (χ0) is 29.2. The molecule has 1 atom stereocenters. The number of carboxylic acids is 2. The van der Waals surface area contributed by atoms with Crippen LogP contribution in [0.25, 0.3) is 0 Å². The number of aromatic nitrogens is 3. The molecule has 2 N–H and O–H groups in total.